The number of fused-ring (bicyclic) bond motifs is 1. The minimum atomic E-state index is -0.544. The highest BCUT2D eigenvalue weighted by atomic mass is 16.5. The molecule has 1 aromatic heterocycles. The van der Waals surface area contributed by atoms with Gasteiger partial charge in [-0.25, -0.2) is 0 Å². The zero-order valence-corrected chi connectivity index (χ0v) is 12.3. The highest BCUT2D eigenvalue weighted by Crippen LogP contribution is 2.41. The van der Waals surface area contributed by atoms with Crippen molar-refractivity contribution < 1.29 is 14.4 Å². The van der Waals surface area contributed by atoms with Gasteiger partial charge in [0.05, 0.1) is 5.60 Å². The molecule has 1 aliphatic heterocycles. The van der Waals surface area contributed by atoms with Crippen LogP contribution in [0.2, 0.25) is 0 Å². The van der Waals surface area contributed by atoms with E-state index < -0.39 is 5.60 Å². The summed E-state index contributed by atoms with van der Waals surface area (Å²) in [5.74, 6) is 1.50. The third kappa shape index (κ3) is 2.37. The van der Waals surface area contributed by atoms with Gasteiger partial charge in [-0.1, -0.05) is 18.0 Å². The van der Waals surface area contributed by atoms with E-state index >= 15 is 0 Å². The first-order valence-electron chi connectivity index (χ1n) is 8.14. The molecule has 1 amide bonds. The zero-order valence-electron chi connectivity index (χ0n) is 12.3. The Bertz CT molecular complexity index is 551. The standard InChI is InChI=1S/C16H22N2O3/c19-15(13-9-14(21-17-13)11-4-5-11)18-8-7-16(20)6-2-1-3-12(16)10-18/h9,11-12,20H,1-8,10H2/t12-,16+/m0/s1. The minimum Gasteiger partial charge on any atom is -0.389 e. The van der Waals surface area contributed by atoms with Gasteiger partial charge in [0, 0.05) is 31.0 Å². The topological polar surface area (TPSA) is 66.6 Å². The van der Waals surface area contributed by atoms with Gasteiger partial charge in [0.2, 0.25) is 0 Å². The predicted octanol–water partition coefficient (Wildman–Crippen LogP) is 2.32. The number of rotatable bonds is 2. The molecule has 3 aliphatic rings. The first-order chi connectivity index (χ1) is 10.2. The fourth-order valence-corrected chi connectivity index (χ4v) is 3.87. The molecule has 2 heterocycles. The number of carbonyl (C=O) groups excluding carboxylic acids is 1. The Hall–Kier alpha value is -1.36. The van der Waals surface area contributed by atoms with Crippen LogP contribution < -0.4 is 0 Å². The van der Waals surface area contributed by atoms with Crippen molar-refractivity contribution in [2.45, 2.75) is 56.5 Å². The molecule has 1 saturated heterocycles. The van der Waals surface area contributed by atoms with Crippen molar-refractivity contribution in [3.63, 3.8) is 0 Å². The molecule has 2 saturated carbocycles. The lowest BCUT2D eigenvalue weighted by atomic mass is 9.71. The maximum absolute atomic E-state index is 12.6. The summed E-state index contributed by atoms with van der Waals surface area (Å²) in [6.07, 6.45) is 7.14. The Labute approximate surface area is 124 Å². The van der Waals surface area contributed by atoms with Crippen LogP contribution in [-0.4, -0.2) is 39.8 Å². The van der Waals surface area contributed by atoms with Gasteiger partial charge >= 0.3 is 0 Å². The molecule has 0 bridgehead atoms. The van der Waals surface area contributed by atoms with E-state index in [2.05, 4.69) is 5.16 Å². The van der Waals surface area contributed by atoms with Crippen LogP contribution in [0.1, 0.15) is 67.1 Å². The van der Waals surface area contributed by atoms with Crippen LogP contribution >= 0.6 is 0 Å². The van der Waals surface area contributed by atoms with E-state index in [0.29, 0.717) is 31.1 Å². The Balaban J connectivity index is 1.47. The van der Waals surface area contributed by atoms with Gasteiger partial charge in [0.15, 0.2) is 5.69 Å². The normalized spacial score (nSPS) is 32.8. The summed E-state index contributed by atoms with van der Waals surface area (Å²) in [6.45, 7) is 1.28. The van der Waals surface area contributed by atoms with E-state index in [-0.39, 0.29) is 11.8 Å². The van der Waals surface area contributed by atoms with E-state index in [1.165, 1.54) is 0 Å². The highest BCUT2D eigenvalue weighted by molar-refractivity contribution is 5.92. The smallest absolute Gasteiger partial charge is 0.276 e. The number of aromatic nitrogens is 1. The van der Waals surface area contributed by atoms with Crippen LogP contribution in [0, 0.1) is 5.92 Å². The molecule has 114 valence electrons. The maximum Gasteiger partial charge on any atom is 0.276 e. The van der Waals surface area contributed by atoms with Crippen LogP contribution in [0.3, 0.4) is 0 Å². The lowest BCUT2D eigenvalue weighted by molar-refractivity contribution is -0.0887. The fraction of sp³-hybridized carbons (Fsp3) is 0.750. The van der Waals surface area contributed by atoms with Crippen molar-refractivity contribution >= 4 is 5.91 Å². The van der Waals surface area contributed by atoms with Gasteiger partial charge in [-0.15, -0.1) is 0 Å². The Morgan fingerprint density at radius 1 is 1.33 bits per heavy atom. The molecule has 2 aliphatic carbocycles. The van der Waals surface area contributed by atoms with Crippen LogP contribution in [0.5, 0.6) is 0 Å². The fourth-order valence-electron chi connectivity index (χ4n) is 3.87. The van der Waals surface area contributed by atoms with Crippen molar-refractivity contribution in [3.8, 4) is 0 Å². The third-order valence-electron chi connectivity index (χ3n) is 5.44. The van der Waals surface area contributed by atoms with Crippen molar-refractivity contribution in [1.82, 2.24) is 10.1 Å². The number of amides is 1. The summed E-state index contributed by atoms with van der Waals surface area (Å²) in [7, 11) is 0. The van der Waals surface area contributed by atoms with E-state index in [1.54, 1.807) is 0 Å². The Morgan fingerprint density at radius 2 is 2.19 bits per heavy atom. The Morgan fingerprint density at radius 3 is 3.00 bits per heavy atom. The third-order valence-corrected chi connectivity index (χ3v) is 5.44. The minimum absolute atomic E-state index is 0.0433. The average Bonchev–Trinajstić information content (AvgIpc) is 3.23. The summed E-state index contributed by atoms with van der Waals surface area (Å²) >= 11 is 0. The molecule has 21 heavy (non-hydrogen) atoms. The molecular formula is C16H22N2O3. The maximum atomic E-state index is 12.6. The summed E-state index contributed by atoms with van der Waals surface area (Å²) < 4.78 is 5.28. The molecule has 1 N–H and O–H groups in total. The first-order valence-corrected chi connectivity index (χ1v) is 8.14. The van der Waals surface area contributed by atoms with Gasteiger partial charge in [-0.2, -0.15) is 0 Å². The van der Waals surface area contributed by atoms with E-state index in [1.807, 2.05) is 11.0 Å². The summed E-state index contributed by atoms with van der Waals surface area (Å²) in [5.41, 5.74) is -0.115. The first kappa shape index (κ1) is 13.3. The second-order valence-electron chi connectivity index (χ2n) is 6.94. The van der Waals surface area contributed by atoms with Crippen LogP contribution in [-0.2, 0) is 0 Å². The molecule has 5 heteroatoms. The lowest BCUT2D eigenvalue weighted by Gasteiger charge is -2.47. The van der Waals surface area contributed by atoms with Crippen LogP contribution in [0.4, 0.5) is 0 Å². The van der Waals surface area contributed by atoms with Gasteiger partial charge in [0.1, 0.15) is 5.76 Å². The molecule has 0 unspecified atom stereocenters. The van der Waals surface area contributed by atoms with Crippen LogP contribution in [0.25, 0.3) is 0 Å². The second-order valence-corrected chi connectivity index (χ2v) is 6.94. The zero-order chi connectivity index (χ0) is 14.4. The molecule has 2 atom stereocenters. The number of nitrogens with zero attached hydrogens (tertiary/aromatic N) is 2. The highest BCUT2D eigenvalue weighted by Gasteiger charge is 2.44. The predicted molar refractivity (Wildman–Crippen MR) is 75.9 cm³/mol. The van der Waals surface area contributed by atoms with Gasteiger partial charge in [0.25, 0.3) is 5.91 Å². The Kier molecular flexibility index (Phi) is 3.06. The van der Waals surface area contributed by atoms with Gasteiger partial charge in [-0.3, -0.25) is 4.79 Å². The molecule has 1 aromatic rings. The lowest BCUT2D eigenvalue weighted by Crippen LogP contribution is -2.54. The van der Waals surface area contributed by atoms with E-state index in [9.17, 15) is 9.90 Å². The van der Waals surface area contributed by atoms with Gasteiger partial charge in [-0.05, 0) is 32.1 Å². The number of piperidine rings is 1. The molecule has 0 radical (unpaired) electrons. The number of hydrogen-bond acceptors (Lipinski definition) is 4. The largest absolute Gasteiger partial charge is 0.389 e. The average molecular weight is 290 g/mol. The summed E-state index contributed by atoms with van der Waals surface area (Å²) in [4.78, 5) is 14.4. The van der Waals surface area contributed by atoms with Crippen LogP contribution in [0.15, 0.2) is 10.6 Å². The molecule has 0 spiro atoms. The van der Waals surface area contributed by atoms with E-state index in [0.717, 1.165) is 44.3 Å². The number of hydrogen-bond donors (Lipinski definition) is 1. The summed E-state index contributed by atoms with van der Waals surface area (Å²) in [5, 5.41) is 14.6. The molecule has 0 aromatic carbocycles. The number of likely N-dealkylation sites (tertiary alicyclic amines) is 1. The number of carbonyl (C=O) groups is 1. The molecule has 5 nitrogen and oxygen atoms in total. The van der Waals surface area contributed by atoms with E-state index in [4.69, 9.17) is 4.52 Å². The van der Waals surface area contributed by atoms with Crippen molar-refractivity contribution in [2.75, 3.05) is 13.1 Å². The molecule has 3 fully saturated rings. The molecular weight excluding hydrogens is 268 g/mol. The molecule has 4 rings (SSSR count). The quantitative estimate of drug-likeness (QED) is 0.907. The number of aliphatic hydroxyl groups is 1. The van der Waals surface area contributed by atoms with Crippen molar-refractivity contribution in [1.29, 1.82) is 0 Å². The SMILES string of the molecule is O=C(c1cc(C2CC2)on1)N1CC[C@]2(O)CCCC[C@H]2C1. The monoisotopic (exact) mass is 290 g/mol. The van der Waals surface area contributed by atoms with Crippen molar-refractivity contribution in [3.05, 3.63) is 17.5 Å². The summed E-state index contributed by atoms with van der Waals surface area (Å²) in [6, 6.07) is 1.81. The second kappa shape index (κ2) is 4.83. The van der Waals surface area contributed by atoms with Gasteiger partial charge < -0.3 is 14.5 Å². The van der Waals surface area contributed by atoms with Crippen molar-refractivity contribution in [2.24, 2.45) is 5.92 Å².